The van der Waals surface area contributed by atoms with E-state index in [4.69, 9.17) is 4.74 Å². The molecule has 0 saturated heterocycles. The normalized spacial score (nSPS) is 13.1. The molecule has 6 heteroatoms. The van der Waals surface area contributed by atoms with Gasteiger partial charge >= 0.3 is 0 Å². The van der Waals surface area contributed by atoms with Crippen LogP contribution in [0.15, 0.2) is 6.20 Å². The molecular formula is C14H29N5O. The maximum absolute atomic E-state index is 5.21. The summed E-state index contributed by atoms with van der Waals surface area (Å²) in [6, 6.07) is 0.430. The van der Waals surface area contributed by atoms with Crippen LogP contribution in [0.25, 0.3) is 0 Å². The van der Waals surface area contributed by atoms with Gasteiger partial charge in [0.05, 0.1) is 18.8 Å². The molecule has 20 heavy (non-hydrogen) atoms. The fraction of sp³-hybridized carbons (Fsp3) is 0.857. The molecule has 0 radical (unpaired) electrons. The Morgan fingerprint density at radius 1 is 1.45 bits per heavy atom. The minimum absolute atomic E-state index is 0.430. The van der Waals surface area contributed by atoms with Gasteiger partial charge in [-0.25, -0.2) is 0 Å². The maximum Gasteiger partial charge on any atom is 0.0964 e. The molecule has 0 aliphatic rings. The monoisotopic (exact) mass is 283 g/mol. The molecule has 0 bridgehead atoms. The topological polar surface area (TPSA) is 55.2 Å². The van der Waals surface area contributed by atoms with Gasteiger partial charge in [-0.2, -0.15) is 0 Å². The quantitative estimate of drug-likeness (QED) is 0.617. The number of hydrogen-bond donors (Lipinski definition) is 1. The van der Waals surface area contributed by atoms with E-state index in [-0.39, 0.29) is 0 Å². The van der Waals surface area contributed by atoms with Gasteiger partial charge in [0.2, 0.25) is 0 Å². The Kier molecular flexibility index (Phi) is 8.41. The van der Waals surface area contributed by atoms with Gasteiger partial charge in [0, 0.05) is 32.4 Å². The summed E-state index contributed by atoms with van der Waals surface area (Å²) in [5, 5.41) is 11.7. The number of nitrogens with one attached hydrogen (secondary N) is 1. The molecule has 6 nitrogen and oxygen atoms in total. The van der Waals surface area contributed by atoms with Crippen LogP contribution in [0, 0.1) is 0 Å². The van der Waals surface area contributed by atoms with Crippen molar-refractivity contribution < 1.29 is 4.74 Å². The maximum atomic E-state index is 5.21. The lowest BCUT2D eigenvalue weighted by Gasteiger charge is -2.26. The Bertz CT molecular complexity index is 355. The van der Waals surface area contributed by atoms with Crippen molar-refractivity contribution in [2.75, 3.05) is 33.4 Å². The van der Waals surface area contributed by atoms with Crippen molar-refractivity contribution in [3.8, 4) is 0 Å². The highest BCUT2D eigenvalue weighted by atomic mass is 16.5. The zero-order chi connectivity index (χ0) is 14.8. The molecule has 0 amide bonds. The number of ether oxygens (including phenoxy) is 1. The lowest BCUT2D eigenvalue weighted by molar-refractivity contribution is 0.0994. The number of hydrogen-bond acceptors (Lipinski definition) is 5. The summed E-state index contributed by atoms with van der Waals surface area (Å²) in [4.78, 5) is 2.39. The van der Waals surface area contributed by atoms with Crippen molar-refractivity contribution in [3.63, 3.8) is 0 Å². The minimum atomic E-state index is 0.430. The smallest absolute Gasteiger partial charge is 0.0964 e. The summed E-state index contributed by atoms with van der Waals surface area (Å²) in [7, 11) is 1.75. The van der Waals surface area contributed by atoms with E-state index < -0.39 is 0 Å². The van der Waals surface area contributed by atoms with Crippen LogP contribution >= 0.6 is 0 Å². The molecule has 1 rings (SSSR count). The van der Waals surface area contributed by atoms with Crippen LogP contribution in [-0.2, 0) is 17.8 Å². The second-order valence-electron chi connectivity index (χ2n) is 5.08. The number of nitrogens with zero attached hydrogens (tertiary/aromatic N) is 4. The minimum Gasteiger partial charge on any atom is -0.383 e. The van der Waals surface area contributed by atoms with Crippen molar-refractivity contribution in [2.45, 2.75) is 46.3 Å². The van der Waals surface area contributed by atoms with E-state index in [1.54, 1.807) is 7.11 Å². The highest BCUT2D eigenvalue weighted by Gasteiger charge is 2.11. The zero-order valence-corrected chi connectivity index (χ0v) is 13.3. The highest BCUT2D eigenvalue weighted by molar-refractivity contribution is 4.91. The van der Waals surface area contributed by atoms with Crippen LogP contribution in [-0.4, -0.2) is 59.3 Å². The zero-order valence-electron chi connectivity index (χ0n) is 13.3. The van der Waals surface area contributed by atoms with Crippen LogP contribution in [0.2, 0.25) is 0 Å². The summed E-state index contributed by atoms with van der Waals surface area (Å²) in [5.74, 6) is 0. The van der Waals surface area contributed by atoms with E-state index in [1.807, 2.05) is 10.9 Å². The molecule has 0 aliphatic carbocycles. The Labute approximate surface area is 122 Å². The number of methoxy groups -OCH3 is 1. The van der Waals surface area contributed by atoms with Crippen LogP contribution in [0.3, 0.4) is 0 Å². The number of rotatable bonds is 11. The van der Waals surface area contributed by atoms with Gasteiger partial charge in [-0.05, 0) is 26.4 Å². The van der Waals surface area contributed by atoms with Crippen LogP contribution in [0.4, 0.5) is 0 Å². The first kappa shape index (κ1) is 17.1. The van der Waals surface area contributed by atoms with Crippen molar-refractivity contribution in [2.24, 2.45) is 0 Å². The largest absolute Gasteiger partial charge is 0.383 e. The van der Waals surface area contributed by atoms with Crippen LogP contribution < -0.4 is 5.32 Å². The lowest BCUT2D eigenvalue weighted by Crippen LogP contribution is -2.38. The fourth-order valence-electron chi connectivity index (χ4n) is 2.19. The van der Waals surface area contributed by atoms with Crippen LogP contribution in [0.5, 0.6) is 0 Å². The van der Waals surface area contributed by atoms with E-state index in [1.165, 1.54) is 0 Å². The van der Waals surface area contributed by atoms with E-state index in [9.17, 15) is 0 Å². The van der Waals surface area contributed by atoms with Gasteiger partial charge < -0.3 is 10.1 Å². The van der Waals surface area contributed by atoms with Gasteiger partial charge in [-0.3, -0.25) is 9.58 Å². The molecule has 1 heterocycles. The Morgan fingerprint density at radius 3 is 2.90 bits per heavy atom. The highest BCUT2D eigenvalue weighted by Crippen LogP contribution is 2.01. The summed E-state index contributed by atoms with van der Waals surface area (Å²) in [5.41, 5.74) is 1.01. The van der Waals surface area contributed by atoms with Gasteiger partial charge in [0.15, 0.2) is 0 Å². The van der Waals surface area contributed by atoms with Gasteiger partial charge in [0.25, 0.3) is 0 Å². The van der Waals surface area contributed by atoms with Crippen molar-refractivity contribution in [1.29, 1.82) is 0 Å². The first-order valence-electron chi connectivity index (χ1n) is 7.53. The third-order valence-corrected chi connectivity index (χ3v) is 3.37. The van der Waals surface area contributed by atoms with E-state index in [2.05, 4.69) is 41.3 Å². The molecule has 0 fully saturated rings. The predicted molar refractivity (Wildman–Crippen MR) is 80.6 cm³/mol. The molecule has 0 aliphatic heterocycles. The molecule has 1 atom stereocenters. The van der Waals surface area contributed by atoms with E-state index in [0.717, 1.165) is 51.4 Å². The van der Waals surface area contributed by atoms with Crippen molar-refractivity contribution in [1.82, 2.24) is 25.2 Å². The lowest BCUT2D eigenvalue weighted by atomic mass is 10.3. The van der Waals surface area contributed by atoms with Gasteiger partial charge in [0.1, 0.15) is 0 Å². The molecule has 1 unspecified atom stereocenters. The molecule has 116 valence electrons. The average Bonchev–Trinajstić information content (AvgIpc) is 2.88. The number of aromatic nitrogens is 3. The second-order valence-corrected chi connectivity index (χ2v) is 5.08. The van der Waals surface area contributed by atoms with Crippen molar-refractivity contribution in [3.05, 3.63) is 11.9 Å². The molecular weight excluding hydrogens is 254 g/mol. The van der Waals surface area contributed by atoms with Crippen molar-refractivity contribution >= 4 is 0 Å². The summed E-state index contributed by atoms with van der Waals surface area (Å²) >= 11 is 0. The molecule has 0 aromatic carbocycles. The third kappa shape index (κ3) is 5.98. The fourth-order valence-corrected chi connectivity index (χ4v) is 2.19. The Hall–Kier alpha value is -0.980. The van der Waals surface area contributed by atoms with Gasteiger partial charge in [-0.15, -0.1) is 5.10 Å². The summed E-state index contributed by atoms with van der Waals surface area (Å²) in [6.45, 7) is 11.9. The molecule has 1 aromatic rings. The van der Waals surface area contributed by atoms with Crippen LogP contribution in [0.1, 0.15) is 32.9 Å². The average molecular weight is 283 g/mol. The molecule has 0 spiro atoms. The Morgan fingerprint density at radius 2 is 2.25 bits per heavy atom. The molecule has 0 saturated carbocycles. The number of likely N-dealkylation sites (N-methyl/N-ethyl adjacent to an activating group) is 1. The second kappa shape index (κ2) is 9.85. The van der Waals surface area contributed by atoms with Gasteiger partial charge in [-0.1, -0.05) is 19.1 Å². The third-order valence-electron chi connectivity index (χ3n) is 3.37. The predicted octanol–water partition coefficient (Wildman–Crippen LogP) is 1.13. The molecule has 1 N–H and O–H groups in total. The van der Waals surface area contributed by atoms with E-state index >= 15 is 0 Å². The molecule has 1 aromatic heterocycles. The first-order valence-corrected chi connectivity index (χ1v) is 7.53. The first-order chi connectivity index (χ1) is 9.71. The Balaban J connectivity index is 2.36. The SMILES string of the molecule is CCCNCc1cn(CCN(CC)C(C)COC)nn1. The standard InChI is InChI=1S/C14H29N5O/c1-5-7-15-10-14-11-19(17-16-14)9-8-18(6-2)13(3)12-20-4/h11,13,15H,5-10,12H2,1-4H3. The van der Waals surface area contributed by atoms with E-state index in [0.29, 0.717) is 6.04 Å². The summed E-state index contributed by atoms with van der Waals surface area (Å²) < 4.78 is 7.13. The summed E-state index contributed by atoms with van der Waals surface area (Å²) in [6.07, 6.45) is 3.16.